The number of aryl methyl sites for hydroxylation is 1. The number of para-hydroxylation sites is 1. The average molecular weight is 509 g/mol. The first-order valence-electron chi connectivity index (χ1n) is 12.0. The topological polar surface area (TPSA) is 61.8 Å². The number of carbonyl (C=O) groups is 1. The Labute approximate surface area is 217 Å². The van der Waals surface area contributed by atoms with Crippen molar-refractivity contribution in [1.82, 2.24) is 4.90 Å². The van der Waals surface area contributed by atoms with Crippen LogP contribution in [0.3, 0.4) is 0 Å². The number of benzene rings is 2. The summed E-state index contributed by atoms with van der Waals surface area (Å²) in [6.07, 6.45) is 6.34. The lowest BCUT2D eigenvalue weighted by Crippen LogP contribution is -2.37. The van der Waals surface area contributed by atoms with Crippen LogP contribution in [0, 0.1) is 6.92 Å². The Kier molecular flexibility index (Phi) is 9.01. The zero-order valence-electron chi connectivity index (χ0n) is 20.0. The van der Waals surface area contributed by atoms with E-state index in [1.165, 1.54) is 22.9 Å². The highest BCUT2D eigenvalue weighted by Gasteiger charge is 2.32. The highest BCUT2D eigenvalue weighted by molar-refractivity contribution is 8.14. The van der Waals surface area contributed by atoms with Crippen molar-refractivity contribution < 1.29 is 14.6 Å². The average Bonchev–Trinajstić information content (AvgIpc) is 3.17. The summed E-state index contributed by atoms with van der Waals surface area (Å²) in [5.74, 6) is 0.960. The largest absolute Gasteiger partial charge is 0.496 e. The Morgan fingerprint density at radius 3 is 2.60 bits per heavy atom. The van der Waals surface area contributed by atoms with E-state index in [1.54, 1.807) is 0 Å². The van der Waals surface area contributed by atoms with Gasteiger partial charge in [-0.3, -0.25) is 4.79 Å². The number of rotatable bonds is 9. The third kappa shape index (κ3) is 7.43. The number of hydrogen-bond acceptors (Lipinski definition) is 5. The summed E-state index contributed by atoms with van der Waals surface area (Å²) in [6.45, 7) is 3.96. The van der Waals surface area contributed by atoms with Gasteiger partial charge in [0, 0.05) is 30.3 Å². The van der Waals surface area contributed by atoms with Gasteiger partial charge in [0.15, 0.2) is 10.2 Å². The molecule has 4 rings (SSSR count). The Morgan fingerprint density at radius 1 is 1.14 bits per heavy atom. The van der Waals surface area contributed by atoms with E-state index in [0.29, 0.717) is 24.8 Å². The number of ether oxygens (including phenoxy) is 1. The molecule has 1 aliphatic heterocycles. The minimum absolute atomic E-state index is 0.0158. The number of thiocarbonyl (C=S) groups is 1. The summed E-state index contributed by atoms with van der Waals surface area (Å²) in [5, 5.41) is 14.2. The SMILES string of the molecule is Cc1ccccc1NC(=S)N(CCOC1=CC=C(CC2SC(=O)CC2O)CC1)Cc1ccccc1. The molecule has 2 N–H and O–H groups in total. The monoisotopic (exact) mass is 508 g/mol. The summed E-state index contributed by atoms with van der Waals surface area (Å²) in [7, 11) is 0. The normalized spacial score (nSPS) is 19.7. The van der Waals surface area contributed by atoms with Crippen LogP contribution in [0.25, 0.3) is 0 Å². The molecule has 2 atom stereocenters. The van der Waals surface area contributed by atoms with Gasteiger partial charge in [0.05, 0.1) is 18.4 Å². The molecule has 2 aromatic rings. The number of nitrogens with one attached hydrogen (secondary N) is 1. The molecule has 5 nitrogen and oxygen atoms in total. The number of hydrogen-bond donors (Lipinski definition) is 2. The number of aliphatic hydroxyl groups is 1. The Hall–Kier alpha value is -2.61. The van der Waals surface area contributed by atoms with Crippen LogP contribution in [0.1, 0.15) is 36.8 Å². The second-order valence-corrected chi connectivity index (χ2v) is 10.6. The van der Waals surface area contributed by atoms with Gasteiger partial charge in [-0.1, -0.05) is 71.9 Å². The number of anilines is 1. The molecule has 0 radical (unpaired) electrons. The van der Waals surface area contributed by atoms with Crippen molar-refractivity contribution in [2.75, 3.05) is 18.5 Å². The molecule has 7 heteroatoms. The zero-order valence-corrected chi connectivity index (χ0v) is 21.6. The van der Waals surface area contributed by atoms with Gasteiger partial charge in [0.1, 0.15) is 6.61 Å². The van der Waals surface area contributed by atoms with Crippen molar-refractivity contribution >= 4 is 39.9 Å². The van der Waals surface area contributed by atoms with E-state index >= 15 is 0 Å². The summed E-state index contributed by atoms with van der Waals surface area (Å²) >= 11 is 7.06. The van der Waals surface area contributed by atoms with Crippen molar-refractivity contribution in [2.24, 2.45) is 0 Å². The van der Waals surface area contributed by atoms with Crippen LogP contribution in [0.4, 0.5) is 5.69 Å². The lowest BCUT2D eigenvalue weighted by atomic mass is 9.97. The number of carbonyl (C=O) groups excluding carboxylic acids is 1. The molecular formula is C28H32N2O3S2. The lowest BCUT2D eigenvalue weighted by molar-refractivity contribution is -0.111. The first kappa shape index (κ1) is 25.5. The molecule has 0 aromatic heterocycles. The second kappa shape index (κ2) is 12.4. The van der Waals surface area contributed by atoms with Gasteiger partial charge in [-0.05, 0) is 55.3 Å². The first-order chi connectivity index (χ1) is 17.0. The van der Waals surface area contributed by atoms with Gasteiger partial charge in [-0.2, -0.15) is 0 Å². The molecule has 35 heavy (non-hydrogen) atoms. The summed E-state index contributed by atoms with van der Waals surface area (Å²) in [6, 6.07) is 18.4. The summed E-state index contributed by atoms with van der Waals surface area (Å²) in [4.78, 5) is 13.7. The Bertz CT molecular complexity index is 1100. The fraction of sp³-hybridized carbons (Fsp3) is 0.357. The molecule has 1 fully saturated rings. The highest BCUT2D eigenvalue weighted by atomic mass is 32.2. The standard InChI is InChI=1S/C28H32N2O3S2/c1-20-7-5-6-10-24(20)29-28(34)30(19-22-8-3-2-4-9-22)15-16-33-23-13-11-21(12-14-23)17-26-25(31)18-27(32)35-26/h2-11,13,25-26,31H,12,14-19H2,1H3,(H,29,34). The Morgan fingerprint density at radius 2 is 1.91 bits per heavy atom. The maximum Gasteiger partial charge on any atom is 0.191 e. The highest BCUT2D eigenvalue weighted by Crippen LogP contribution is 2.35. The predicted octanol–water partition coefficient (Wildman–Crippen LogP) is 5.60. The molecule has 184 valence electrons. The van der Waals surface area contributed by atoms with Crippen molar-refractivity contribution in [3.05, 3.63) is 89.2 Å². The zero-order chi connectivity index (χ0) is 24.6. The Balaban J connectivity index is 1.33. The van der Waals surface area contributed by atoms with E-state index in [0.717, 1.165) is 36.3 Å². The molecule has 2 aliphatic rings. The van der Waals surface area contributed by atoms with Crippen LogP contribution in [0.5, 0.6) is 0 Å². The maximum atomic E-state index is 11.5. The maximum absolute atomic E-state index is 11.5. The van der Waals surface area contributed by atoms with Gasteiger partial charge in [0.2, 0.25) is 0 Å². The molecule has 0 spiro atoms. The quantitative estimate of drug-likeness (QED) is 0.428. The molecule has 1 heterocycles. The molecule has 1 saturated heterocycles. The summed E-state index contributed by atoms with van der Waals surface area (Å²) < 4.78 is 6.11. The third-order valence-electron chi connectivity index (χ3n) is 6.29. The van der Waals surface area contributed by atoms with Crippen LogP contribution < -0.4 is 5.32 Å². The van der Waals surface area contributed by atoms with Gasteiger partial charge in [0.25, 0.3) is 0 Å². The van der Waals surface area contributed by atoms with Crippen LogP contribution in [0.2, 0.25) is 0 Å². The van der Waals surface area contributed by atoms with Gasteiger partial charge in [-0.15, -0.1) is 0 Å². The van der Waals surface area contributed by atoms with Crippen LogP contribution in [0.15, 0.2) is 78.1 Å². The van der Waals surface area contributed by atoms with E-state index in [1.807, 2.05) is 42.5 Å². The minimum Gasteiger partial charge on any atom is -0.496 e. The van der Waals surface area contributed by atoms with E-state index in [2.05, 4.69) is 41.4 Å². The minimum atomic E-state index is -0.525. The van der Waals surface area contributed by atoms with E-state index in [9.17, 15) is 9.90 Å². The van der Waals surface area contributed by atoms with Crippen LogP contribution >= 0.6 is 24.0 Å². The third-order valence-corrected chi connectivity index (χ3v) is 7.86. The number of nitrogens with zero attached hydrogens (tertiary/aromatic N) is 1. The molecule has 0 amide bonds. The van der Waals surface area contributed by atoms with Crippen LogP contribution in [-0.4, -0.2) is 44.7 Å². The molecule has 1 aliphatic carbocycles. The van der Waals surface area contributed by atoms with Gasteiger partial charge >= 0.3 is 0 Å². The number of allylic oxidation sites excluding steroid dienone is 4. The molecular weight excluding hydrogens is 476 g/mol. The second-order valence-electron chi connectivity index (χ2n) is 8.96. The smallest absolute Gasteiger partial charge is 0.191 e. The summed E-state index contributed by atoms with van der Waals surface area (Å²) in [5.41, 5.74) is 4.61. The predicted molar refractivity (Wildman–Crippen MR) is 147 cm³/mol. The number of thioether (sulfide) groups is 1. The van der Waals surface area contributed by atoms with Crippen molar-refractivity contribution in [3.8, 4) is 0 Å². The van der Waals surface area contributed by atoms with E-state index < -0.39 is 6.10 Å². The molecule has 2 aromatic carbocycles. The van der Waals surface area contributed by atoms with E-state index in [-0.39, 0.29) is 16.8 Å². The fourth-order valence-corrected chi connectivity index (χ4v) is 5.66. The molecule has 0 bridgehead atoms. The van der Waals surface area contributed by atoms with Crippen molar-refractivity contribution in [2.45, 2.75) is 50.5 Å². The molecule has 2 unspecified atom stereocenters. The van der Waals surface area contributed by atoms with Crippen LogP contribution in [-0.2, 0) is 16.1 Å². The molecule has 0 saturated carbocycles. The fourth-order valence-electron chi connectivity index (χ4n) is 4.24. The van der Waals surface area contributed by atoms with Gasteiger partial charge < -0.3 is 20.1 Å². The van der Waals surface area contributed by atoms with Gasteiger partial charge in [-0.25, -0.2) is 0 Å². The number of aliphatic hydroxyl groups excluding tert-OH is 1. The van der Waals surface area contributed by atoms with E-state index in [4.69, 9.17) is 17.0 Å². The first-order valence-corrected chi connectivity index (χ1v) is 13.3. The van der Waals surface area contributed by atoms with Crippen molar-refractivity contribution in [3.63, 3.8) is 0 Å². The van der Waals surface area contributed by atoms with Crippen molar-refractivity contribution in [1.29, 1.82) is 0 Å². The lowest BCUT2D eigenvalue weighted by Gasteiger charge is -2.27.